The maximum atomic E-state index is 11.5. The van der Waals surface area contributed by atoms with E-state index in [0.29, 0.717) is 6.54 Å². The summed E-state index contributed by atoms with van der Waals surface area (Å²) in [5, 5.41) is 12.7. The summed E-state index contributed by atoms with van der Waals surface area (Å²) in [6.07, 6.45) is 3.75. The highest BCUT2D eigenvalue weighted by atomic mass is 32.2. The van der Waals surface area contributed by atoms with Crippen LogP contribution in [-0.2, 0) is 23.1 Å². The minimum absolute atomic E-state index is 0.123. The van der Waals surface area contributed by atoms with Gasteiger partial charge in [-0.25, -0.2) is 13.6 Å². The van der Waals surface area contributed by atoms with Gasteiger partial charge in [-0.05, 0) is 44.0 Å². The number of hydrogen-bond acceptors (Lipinski definition) is 4. The molecule has 0 aliphatic carbocycles. The van der Waals surface area contributed by atoms with Gasteiger partial charge in [-0.2, -0.15) is 5.10 Å². The quantitative estimate of drug-likeness (QED) is 0.881. The maximum absolute atomic E-state index is 11.5. The van der Waals surface area contributed by atoms with Crippen LogP contribution >= 0.6 is 0 Å². The van der Waals surface area contributed by atoms with E-state index in [9.17, 15) is 8.42 Å². The molecule has 21 heavy (non-hydrogen) atoms. The second-order valence-corrected chi connectivity index (χ2v) is 6.58. The number of anilines is 1. The first-order valence-electron chi connectivity index (χ1n) is 6.70. The lowest BCUT2D eigenvalue weighted by atomic mass is 10.1. The number of rotatable bonds is 5. The van der Waals surface area contributed by atoms with E-state index in [1.165, 1.54) is 0 Å². The Balaban J connectivity index is 2.25. The number of benzene rings is 1. The zero-order valence-corrected chi connectivity index (χ0v) is 13.2. The van der Waals surface area contributed by atoms with Crippen molar-refractivity contribution in [3.05, 3.63) is 41.2 Å². The summed E-state index contributed by atoms with van der Waals surface area (Å²) in [6.45, 7) is 7.23. The van der Waals surface area contributed by atoms with E-state index >= 15 is 0 Å². The molecule has 0 unspecified atom stereocenters. The molecule has 0 amide bonds. The molecule has 2 rings (SSSR count). The summed E-state index contributed by atoms with van der Waals surface area (Å²) in [7, 11) is -3.70. The van der Waals surface area contributed by atoms with Crippen molar-refractivity contribution < 1.29 is 8.42 Å². The van der Waals surface area contributed by atoms with Crippen LogP contribution in [-0.4, -0.2) is 18.2 Å². The first-order valence-corrected chi connectivity index (χ1v) is 8.25. The van der Waals surface area contributed by atoms with Crippen molar-refractivity contribution in [2.75, 3.05) is 5.32 Å². The fourth-order valence-electron chi connectivity index (χ4n) is 2.04. The predicted octanol–water partition coefficient (Wildman–Crippen LogP) is 1.78. The number of nitrogens with one attached hydrogen (secondary N) is 1. The van der Waals surface area contributed by atoms with Gasteiger partial charge in [-0.15, -0.1) is 0 Å². The number of sulfonamides is 1. The lowest BCUT2D eigenvalue weighted by molar-refractivity contribution is 0.597. The van der Waals surface area contributed by atoms with Crippen LogP contribution < -0.4 is 10.5 Å². The number of primary sulfonamides is 1. The fourth-order valence-corrected chi connectivity index (χ4v) is 2.67. The maximum Gasteiger partial charge on any atom is 0.238 e. The van der Waals surface area contributed by atoms with Gasteiger partial charge in [0.05, 0.1) is 11.1 Å². The van der Waals surface area contributed by atoms with Gasteiger partial charge in [0.2, 0.25) is 10.0 Å². The smallest absolute Gasteiger partial charge is 0.238 e. The molecule has 1 heterocycles. The molecule has 0 saturated heterocycles. The lowest BCUT2D eigenvalue weighted by Gasteiger charge is -2.13. The summed E-state index contributed by atoms with van der Waals surface area (Å²) in [5.74, 6) is 0. The van der Waals surface area contributed by atoms with Crippen LogP contribution in [0.4, 0.5) is 5.69 Å². The Morgan fingerprint density at radius 1 is 1.33 bits per heavy atom. The first kappa shape index (κ1) is 15.5. The van der Waals surface area contributed by atoms with E-state index < -0.39 is 10.0 Å². The van der Waals surface area contributed by atoms with Crippen LogP contribution in [0.3, 0.4) is 0 Å². The Morgan fingerprint density at radius 2 is 2.05 bits per heavy atom. The van der Waals surface area contributed by atoms with Gasteiger partial charge in [-0.3, -0.25) is 4.68 Å². The zero-order valence-electron chi connectivity index (χ0n) is 12.4. The third-order valence-electron chi connectivity index (χ3n) is 3.46. The number of aryl methyl sites for hydroxylation is 2. The molecule has 7 heteroatoms. The van der Waals surface area contributed by atoms with Crippen LogP contribution in [0.5, 0.6) is 0 Å². The Labute approximate surface area is 125 Å². The van der Waals surface area contributed by atoms with Gasteiger partial charge in [0.15, 0.2) is 0 Å². The predicted molar refractivity (Wildman–Crippen MR) is 82.5 cm³/mol. The van der Waals surface area contributed by atoms with E-state index in [-0.39, 0.29) is 4.90 Å². The minimum atomic E-state index is -3.70. The SMILES string of the molecule is CCn1cc(CNc2cc(S(N)(=O)=O)cc(C)c2C)cn1. The van der Waals surface area contributed by atoms with Crippen molar-refractivity contribution in [1.29, 1.82) is 0 Å². The second kappa shape index (κ2) is 5.87. The van der Waals surface area contributed by atoms with Crippen LogP contribution in [0.1, 0.15) is 23.6 Å². The molecule has 1 aromatic heterocycles. The van der Waals surface area contributed by atoms with Crippen molar-refractivity contribution in [2.24, 2.45) is 5.14 Å². The van der Waals surface area contributed by atoms with Gasteiger partial charge < -0.3 is 5.32 Å². The molecule has 0 fully saturated rings. The first-order chi connectivity index (χ1) is 9.81. The molecule has 2 aromatic rings. The topological polar surface area (TPSA) is 90.0 Å². The summed E-state index contributed by atoms with van der Waals surface area (Å²) < 4.78 is 24.8. The molecule has 114 valence electrons. The standard InChI is InChI=1S/C14H20N4O2S/c1-4-18-9-12(8-17-18)7-16-14-6-13(21(15,19)20)5-10(2)11(14)3/h5-6,8-9,16H,4,7H2,1-3H3,(H2,15,19,20). The molecule has 0 atom stereocenters. The number of hydrogen-bond donors (Lipinski definition) is 2. The van der Waals surface area contributed by atoms with Crippen LogP contribution in [0.15, 0.2) is 29.4 Å². The second-order valence-electron chi connectivity index (χ2n) is 5.02. The molecule has 3 N–H and O–H groups in total. The van der Waals surface area contributed by atoms with Crippen LogP contribution in [0.25, 0.3) is 0 Å². The van der Waals surface area contributed by atoms with Crippen LogP contribution in [0.2, 0.25) is 0 Å². The minimum Gasteiger partial charge on any atom is -0.381 e. The summed E-state index contributed by atoms with van der Waals surface area (Å²) in [5.41, 5.74) is 3.69. The monoisotopic (exact) mass is 308 g/mol. The highest BCUT2D eigenvalue weighted by Crippen LogP contribution is 2.24. The van der Waals surface area contributed by atoms with Crippen molar-refractivity contribution in [3.8, 4) is 0 Å². The zero-order chi connectivity index (χ0) is 15.6. The normalized spacial score (nSPS) is 11.6. The summed E-state index contributed by atoms with van der Waals surface area (Å²) in [6, 6.07) is 3.16. The largest absolute Gasteiger partial charge is 0.381 e. The Bertz CT molecular complexity index is 750. The van der Waals surface area contributed by atoms with Crippen molar-refractivity contribution in [3.63, 3.8) is 0 Å². The van der Waals surface area contributed by atoms with E-state index in [1.54, 1.807) is 18.3 Å². The van der Waals surface area contributed by atoms with Gasteiger partial charge in [0, 0.05) is 30.5 Å². The number of nitrogens with two attached hydrogens (primary N) is 1. The Morgan fingerprint density at radius 3 is 2.62 bits per heavy atom. The van der Waals surface area contributed by atoms with Crippen molar-refractivity contribution in [1.82, 2.24) is 9.78 Å². The Hall–Kier alpha value is -1.86. The molecule has 0 radical (unpaired) electrons. The molecule has 0 bridgehead atoms. The highest BCUT2D eigenvalue weighted by Gasteiger charge is 2.12. The lowest BCUT2D eigenvalue weighted by Crippen LogP contribution is -2.13. The molecule has 0 aliphatic heterocycles. The third-order valence-corrected chi connectivity index (χ3v) is 4.36. The fraction of sp³-hybridized carbons (Fsp3) is 0.357. The van der Waals surface area contributed by atoms with Gasteiger partial charge in [0.1, 0.15) is 0 Å². The van der Waals surface area contributed by atoms with Crippen molar-refractivity contribution >= 4 is 15.7 Å². The Kier molecular flexibility index (Phi) is 4.34. The molecule has 0 spiro atoms. The van der Waals surface area contributed by atoms with E-state index in [0.717, 1.165) is 28.9 Å². The molecule has 0 saturated carbocycles. The van der Waals surface area contributed by atoms with E-state index in [1.807, 2.05) is 31.6 Å². The van der Waals surface area contributed by atoms with Gasteiger partial charge in [-0.1, -0.05) is 0 Å². The summed E-state index contributed by atoms with van der Waals surface area (Å²) in [4.78, 5) is 0.123. The summed E-state index contributed by atoms with van der Waals surface area (Å²) >= 11 is 0. The molecule has 6 nitrogen and oxygen atoms in total. The average molecular weight is 308 g/mol. The number of nitrogens with zero attached hydrogens (tertiary/aromatic N) is 2. The van der Waals surface area contributed by atoms with Gasteiger partial charge in [0.25, 0.3) is 0 Å². The van der Waals surface area contributed by atoms with E-state index in [4.69, 9.17) is 5.14 Å². The molecule has 1 aromatic carbocycles. The van der Waals surface area contributed by atoms with Gasteiger partial charge >= 0.3 is 0 Å². The number of aromatic nitrogens is 2. The average Bonchev–Trinajstić information content (AvgIpc) is 2.87. The van der Waals surface area contributed by atoms with Crippen molar-refractivity contribution in [2.45, 2.75) is 38.8 Å². The molecular formula is C14H20N4O2S. The highest BCUT2D eigenvalue weighted by molar-refractivity contribution is 7.89. The molecule has 0 aliphatic rings. The van der Waals surface area contributed by atoms with E-state index in [2.05, 4.69) is 10.4 Å². The third kappa shape index (κ3) is 3.62. The molecular weight excluding hydrogens is 288 g/mol. The van der Waals surface area contributed by atoms with Crippen LogP contribution in [0, 0.1) is 13.8 Å².